The summed E-state index contributed by atoms with van der Waals surface area (Å²) in [5.74, 6) is -1.33. The number of amides is 1. The van der Waals surface area contributed by atoms with Crippen molar-refractivity contribution in [3.63, 3.8) is 0 Å². The number of hydrogen-bond donors (Lipinski definition) is 1. The van der Waals surface area contributed by atoms with Gasteiger partial charge in [-0.05, 0) is 37.3 Å². The molecule has 0 aliphatic carbocycles. The van der Waals surface area contributed by atoms with Crippen molar-refractivity contribution in [1.29, 1.82) is 0 Å². The molecular formula is C16H16ClFN2O3S. The summed E-state index contributed by atoms with van der Waals surface area (Å²) in [6, 6.07) is 9.99. The lowest BCUT2D eigenvalue weighted by Gasteiger charge is -2.17. The molecule has 0 aliphatic heterocycles. The maximum absolute atomic E-state index is 13.6. The first kappa shape index (κ1) is 18.4. The number of carbonyl (C=O) groups excluding carboxylic acids is 1. The van der Waals surface area contributed by atoms with E-state index >= 15 is 0 Å². The fourth-order valence-electron chi connectivity index (χ4n) is 1.96. The van der Waals surface area contributed by atoms with E-state index in [1.807, 2.05) is 6.92 Å². The number of benzene rings is 2. The molecular weight excluding hydrogens is 355 g/mol. The molecule has 0 saturated carbocycles. The van der Waals surface area contributed by atoms with Crippen LogP contribution in [0.2, 0.25) is 5.02 Å². The Balaban J connectivity index is 2.10. The second-order valence-corrected chi connectivity index (χ2v) is 7.73. The number of carbonyl (C=O) groups is 1. The zero-order valence-corrected chi connectivity index (χ0v) is 14.7. The fraction of sp³-hybridized carbons (Fsp3) is 0.188. The van der Waals surface area contributed by atoms with Crippen molar-refractivity contribution in [2.75, 3.05) is 18.9 Å². The van der Waals surface area contributed by atoms with Crippen LogP contribution in [0.1, 0.15) is 5.56 Å². The smallest absolute Gasteiger partial charge is 0.243 e. The van der Waals surface area contributed by atoms with Crippen LogP contribution in [0.5, 0.6) is 0 Å². The summed E-state index contributed by atoms with van der Waals surface area (Å²) in [4.78, 5) is 12.1. The van der Waals surface area contributed by atoms with E-state index in [0.717, 1.165) is 15.9 Å². The summed E-state index contributed by atoms with van der Waals surface area (Å²) in [5, 5.41) is 2.57. The van der Waals surface area contributed by atoms with Gasteiger partial charge in [0, 0.05) is 12.1 Å². The summed E-state index contributed by atoms with van der Waals surface area (Å²) < 4.78 is 39.3. The third kappa shape index (κ3) is 4.31. The second-order valence-electron chi connectivity index (χ2n) is 5.25. The molecule has 0 saturated heterocycles. The van der Waals surface area contributed by atoms with Gasteiger partial charge in [-0.15, -0.1) is 0 Å². The lowest BCUT2D eigenvalue weighted by atomic mass is 10.2. The number of halogens is 2. The molecule has 128 valence electrons. The Labute approximate surface area is 145 Å². The Kier molecular flexibility index (Phi) is 5.58. The van der Waals surface area contributed by atoms with Gasteiger partial charge in [-0.3, -0.25) is 4.79 Å². The third-order valence-electron chi connectivity index (χ3n) is 3.30. The topological polar surface area (TPSA) is 66.5 Å². The van der Waals surface area contributed by atoms with Gasteiger partial charge in [0.2, 0.25) is 15.9 Å². The van der Waals surface area contributed by atoms with Gasteiger partial charge in [-0.1, -0.05) is 29.3 Å². The fourth-order valence-corrected chi connectivity index (χ4v) is 3.26. The summed E-state index contributed by atoms with van der Waals surface area (Å²) in [6.45, 7) is 1.38. The number of sulfonamides is 1. The lowest BCUT2D eigenvalue weighted by Crippen LogP contribution is -2.35. The highest BCUT2D eigenvalue weighted by atomic mass is 35.5. The largest absolute Gasteiger partial charge is 0.322 e. The van der Waals surface area contributed by atoms with E-state index in [2.05, 4.69) is 5.32 Å². The Morgan fingerprint density at radius 1 is 1.21 bits per heavy atom. The van der Waals surface area contributed by atoms with E-state index in [4.69, 9.17) is 11.6 Å². The number of rotatable bonds is 5. The van der Waals surface area contributed by atoms with E-state index < -0.39 is 28.3 Å². The first-order chi connectivity index (χ1) is 11.2. The summed E-state index contributed by atoms with van der Waals surface area (Å²) >= 11 is 5.75. The van der Waals surface area contributed by atoms with Crippen molar-refractivity contribution in [3.8, 4) is 0 Å². The van der Waals surface area contributed by atoms with Crippen LogP contribution in [0.15, 0.2) is 47.4 Å². The average molecular weight is 371 g/mol. The second kappa shape index (κ2) is 7.29. The van der Waals surface area contributed by atoms with Crippen LogP contribution in [0, 0.1) is 12.7 Å². The molecule has 0 bridgehead atoms. The zero-order chi connectivity index (χ0) is 17.9. The number of nitrogens with one attached hydrogen (secondary N) is 1. The van der Waals surface area contributed by atoms with Crippen molar-refractivity contribution in [2.24, 2.45) is 0 Å². The van der Waals surface area contributed by atoms with Crippen LogP contribution in [-0.4, -0.2) is 32.2 Å². The van der Waals surface area contributed by atoms with E-state index in [1.54, 1.807) is 12.1 Å². The third-order valence-corrected chi connectivity index (χ3v) is 5.35. The Hall–Kier alpha value is -1.96. The average Bonchev–Trinajstić information content (AvgIpc) is 2.51. The van der Waals surface area contributed by atoms with Crippen molar-refractivity contribution in [1.82, 2.24) is 4.31 Å². The van der Waals surface area contributed by atoms with Crippen LogP contribution < -0.4 is 5.32 Å². The molecule has 0 aliphatic rings. The Morgan fingerprint density at radius 3 is 2.46 bits per heavy atom. The van der Waals surface area contributed by atoms with Gasteiger partial charge < -0.3 is 5.32 Å². The monoisotopic (exact) mass is 370 g/mol. The van der Waals surface area contributed by atoms with E-state index in [0.29, 0.717) is 0 Å². The van der Waals surface area contributed by atoms with Crippen LogP contribution in [0.3, 0.4) is 0 Å². The van der Waals surface area contributed by atoms with E-state index in [-0.39, 0.29) is 15.6 Å². The van der Waals surface area contributed by atoms with Crippen LogP contribution in [0.25, 0.3) is 0 Å². The first-order valence-electron chi connectivity index (χ1n) is 6.98. The number of nitrogens with zero attached hydrogens (tertiary/aromatic N) is 1. The molecule has 2 rings (SSSR count). The molecule has 0 aromatic heterocycles. The van der Waals surface area contributed by atoms with Crippen LogP contribution >= 0.6 is 11.6 Å². The van der Waals surface area contributed by atoms with E-state index in [9.17, 15) is 17.6 Å². The Bertz CT molecular complexity index is 854. The number of aryl methyl sites for hydroxylation is 1. The number of anilines is 1. The normalized spacial score (nSPS) is 11.5. The van der Waals surface area contributed by atoms with Gasteiger partial charge >= 0.3 is 0 Å². The van der Waals surface area contributed by atoms with Crippen molar-refractivity contribution < 1.29 is 17.6 Å². The van der Waals surface area contributed by atoms with Gasteiger partial charge in [0.05, 0.1) is 17.1 Å². The molecule has 24 heavy (non-hydrogen) atoms. The van der Waals surface area contributed by atoms with Gasteiger partial charge in [0.25, 0.3) is 0 Å². The van der Waals surface area contributed by atoms with Gasteiger partial charge in [-0.2, -0.15) is 4.31 Å². The number of likely N-dealkylation sites (N-methyl/N-ethyl adjacent to an activating group) is 1. The quantitative estimate of drug-likeness (QED) is 0.879. The molecule has 0 unspecified atom stereocenters. The Morgan fingerprint density at radius 2 is 1.83 bits per heavy atom. The summed E-state index contributed by atoms with van der Waals surface area (Å²) in [6.07, 6.45) is 0. The van der Waals surface area contributed by atoms with Gasteiger partial charge in [-0.25, -0.2) is 12.8 Å². The van der Waals surface area contributed by atoms with Gasteiger partial charge in [0.15, 0.2) is 0 Å². The van der Waals surface area contributed by atoms with E-state index in [1.165, 1.54) is 31.3 Å². The molecule has 0 atom stereocenters. The van der Waals surface area contributed by atoms with Crippen molar-refractivity contribution in [2.45, 2.75) is 11.8 Å². The number of hydrogen-bond acceptors (Lipinski definition) is 3. The summed E-state index contributed by atoms with van der Waals surface area (Å²) in [5.41, 5.74) is 0.819. The molecule has 1 N–H and O–H groups in total. The zero-order valence-electron chi connectivity index (χ0n) is 13.1. The standard InChI is InChI=1S/C16H16ClFN2O3S/c1-11-3-6-13(7-4-11)24(22,23)20(2)10-16(21)19-15-9-12(17)5-8-14(15)18/h3-9H,10H2,1-2H3,(H,19,21). The molecule has 5 nitrogen and oxygen atoms in total. The molecule has 2 aromatic carbocycles. The van der Waals surface area contributed by atoms with Crippen molar-refractivity contribution in [3.05, 3.63) is 58.9 Å². The minimum absolute atomic E-state index is 0.0809. The maximum Gasteiger partial charge on any atom is 0.243 e. The minimum Gasteiger partial charge on any atom is -0.322 e. The minimum atomic E-state index is -3.81. The lowest BCUT2D eigenvalue weighted by molar-refractivity contribution is -0.116. The highest BCUT2D eigenvalue weighted by molar-refractivity contribution is 7.89. The highest BCUT2D eigenvalue weighted by Gasteiger charge is 2.23. The molecule has 1 amide bonds. The molecule has 8 heteroatoms. The van der Waals surface area contributed by atoms with Crippen molar-refractivity contribution >= 4 is 33.2 Å². The van der Waals surface area contributed by atoms with Gasteiger partial charge in [0.1, 0.15) is 5.82 Å². The predicted octanol–water partition coefficient (Wildman–Crippen LogP) is 3.05. The first-order valence-corrected chi connectivity index (χ1v) is 8.80. The molecule has 0 spiro atoms. The maximum atomic E-state index is 13.6. The highest BCUT2D eigenvalue weighted by Crippen LogP contribution is 2.20. The molecule has 0 heterocycles. The predicted molar refractivity (Wildman–Crippen MR) is 91.0 cm³/mol. The molecule has 2 aromatic rings. The van der Waals surface area contributed by atoms with Crippen LogP contribution in [-0.2, 0) is 14.8 Å². The molecule has 0 fully saturated rings. The molecule has 0 radical (unpaired) electrons. The summed E-state index contributed by atoms with van der Waals surface area (Å²) in [7, 11) is -2.53. The van der Waals surface area contributed by atoms with Crippen LogP contribution in [0.4, 0.5) is 10.1 Å². The SMILES string of the molecule is Cc1ccc(S(=O)(=O)N(C)CC(=O)Nc2cc(Cl)ccc2F)cc1.